The molecule has 1 saturated heterocycles. The zero-order valence-electron chi connectivity index (χ0n) is 18.2. The van der Waals surface area contributed by atoms with Gasteiger partial charge in [0.2, 0.25) is 0 Å². The van der Waals surface area contributed by atoms with Crippen molar-refractivity contribution in [3.8, 4) is 10.4 Å². The first-order chi connectivity index (χ1) is 16.2. The molecule has 0 radical (unpaired) electrons. The molecule has 166 valence electrons. The van der Waals surface area contributed by atoms with Crippen LogP contribution in [0.15, 0.2) is 73.1 Å². The van der Waals surface area contributed by atoms with Crippen LogP contribution in [0.1, 0.15) is 18.4 Å². The van der Waals surface area contributed by atoms with Gasteiger partial charge in [-0.2, -0.15) is 0 Å². The van der Waals surface area contributed by atoms with Crippen molar-refractivity contribution in [3.05, 3.63) is 78.6 Å². The van der Waals surface area contributed by atoms with Gasteiger partial charge in [-0.05, 0) is 73.3 Å². The lowest BCUT2D eigenvalue weighted by Gasteiger charge is -2.18. The second-order valence-corrected chi connectivity index (χ2v) is 9.81. The van der Waals surface area contributed by atoms with Crippen LogP contribution in [0.2, 0.25) is 0 Å². The number of anilines is 2. The van der Waals surface area contributed by atoms with E-state index in [1.54, 1.807) is 11.3 Å². The average Bonchev–Trinajstić information content (AvgIpc) is 3.60. The highest BCUT2D eigenvalue weighted by Gasteiger charge is 2.22. The minimum atomic E-state index is -0.328. The molecule has 2 atom stereocenters. The average molecular weight is 455 g/mol. The SMILES string of the molecule is OC(Cc1ccc(-c2cc3nccc(Nc4ccc5[nH]ccc5c4)c3s2)cc1)C1CCCN1. The van der Waals surface area contributed by atoms with Gasteiger partial charge in [-0.3, -0.25) is 4.98 Å². The monoisotopic (exact) mass is 454 g/mol. The summed E-state index contributed by atoms with van der Waals surface area (Å²) >= 11 is 1.75. The van der Waals surface area contributed by atoms with Gasteiger partial charge in [0, 0.05) is 39.9 Å². The van der Waals surface area contributed by atoms with Gasteiger partial charge in [-0.25, -0.2) is 0 Å². The van der Waals surface area contributed by atoms with Gasteiger partial charge >= 0.3 is 0 Å². The topological polar surface area (TPSA) is 73.0 Å². The molecular formula is C27H26N4OS. The van der Waals surface area contributed by atoms with Gasteiger partial charge in [-0.15, -0.1) is 11.3 Å². The Morgan fingerprint density at radius 1 is 1.09 bits per heavy atom. The maximum atomic E-state index is 10.5. The number of hydrogen-bond donors (Lipinski definition) is 4. The number of aromatic amines is 1. The fraction of sp³-hybridized carbons (Fsp3) is 0.222. The molecule has 0 aliphatic carbocycles. The number of benzene rings is 2. The molecule has 33 heavy (non-hydrogen) atoms. The normalized spacial score (nSPS) is 17.1. The highest BCUT2D eigenvalue weighted by Crippen LogP contribution is 2.38. The van der Waals surface area contributed by atoms with Crippen LogP contribution in [0, 0.1) is 0 Å². The smallest absolute Gasteiger partial charge is 0.0837 e. The summed E-state index contributed by atoms with van der Waals surface area (Å²) < 4.78 is 1.15. The molecule has 2 unspecified atom stereocenters. The van der Waals surface area contributed by atoms with Crippen LogP contribution < -0.4 is 10.6 Å². The molecule has 5 nitrogen and oxygen atoms in total. The molecule has 1 aliphatic heterocycles. The summed E-state index contributed by atoms with van der Waals surface area (Å²) in [7, 11) is 0. The first-order valence-electron chi connectivity index (χ1n) is 11.5. The van der Waals surface area contributed by atoms with E-state index >= 15 is 0 Å². The van der Waals surface area contributed by atoms with Crippen molar-refractivity contribution in [2.24, 2.45) is 0 Å². The molecule has 1 aliphatic rings. The Morgan fingerprint density at radius 3 is 2.85 bits per heavy atom. The summed E-state index contributed by atoms with van der Waals surface area (Å²) in [6.07, 6.45) is 6.39. The summed E-state index contributed by atoms with van der Waals surface area (Å²) in [6, 6.07) is 21.4. The van der Waals surface area contributed by atoms with E-state index in [0.29, 0.717) is 6.42 Å². The Morgan fingerprint density at radius 2 is 2.00 bits per heavy atom. The third-order valence-corrected chi connectivity index (χ3v) is 7.70. The Kier molecular flexibility index (Phi) is 5.34. The number of rotatable bonds is 6. The van der Waals surface area contributed by atoms with E-state index in [9.17, 15) is 5.11 Å². The minimum absolute atomic E-state index is 0.224. The fourth-order valence-corrected chi connectivity index (χ4v) is 5.78. The predicted octanol–water partition coefficient (Wildman–Crippen LogP) is 5.84. The van der Waals surface area contributed by atoms with E-state index in [1.807, 2.05) is 18.5 Å². The van der Waals surface area contributed by atoms with Crippen LogP contribution in [0.5, 0.6) is 0 Å². The zero-order valence-corrected chi connectivity index (χ0v) is 19.0. The predicted molar refractivity (Wildman–Crippen MR) is 137 cm³/mol. The van der Waals surface area contributed by atoms with Crippen molar-refractivity contribution >= 4 is 43.8 Å². The number of hydrogen-bond acceptors (Lipinski definition) is 5. The van der Waals surface area contributed by atoms with E-state index in [1.165, 1.54) is 21.4 Å². The highest BCUT2D eigenvalue weighted by molar-refractivity contribution is 7.22. The molecule has 3 aromatic heterocycles. The van der Waals surface area contributed by atoms with Crippen molar-refractivity contribution in [3.63, 3.8) is 0 Å². The fourth-order valence-electron chi connectivity index (χ4n) is 4.69. The van der Waals surface area contributed by atoms with Gasteiger partial charge < -0.3 is 20.7 Å². The molecule has 6 rings (SSSR count). The van der Waals surface area contributed by atoms with Crippen molar-refractivity contribution in [2.45, 2.75) is 31.4 Å². The molecule has 4 heterocycles. The number of thiophene rings is 1. The number of fused-ring (bicyclic) bond motifs is 2. The molecule has 6 heteroatoms. The van der Waals surface area contributed by atoms with Crippen LogP contribution in [0.4, 0.5) is 11.4 Å². The van der Waals surface area contributed by atoms with Gasteiger partial charge in [0.05, 0.1) is 22.0 Å². The number of nitrogens with one attached hydrogen (secondary N) is 3. The number of aliphatic hydroxyl groups excluding tert-OH is 1. The number of aromatic nitrogens is 2. The van der Waals surface area contributed by atoms with Crippen molar-refractivity contribution in [1.29, 1.82) is 0 Å². The Hall–Kier alpha value is -3.19. The van der Waals surface area contributed by atoms with Gasteiger partial charge in [-0.1, -0.05) is 24.3 Å². The van der Waals surface area contributed by atoms with Crippen molar-refractivity contribution in [1.82, 2.24) is 15.3 Å². The van der Waals surface area contributed by atoms with Crippen LogP contribution >= 0.6 is 11.3 Å². The second kappa shape index (κ2) is 8.63. The Bertz CT molecular complexity index is 1400. The summed E-state index contributed by atoms with van der Waals surface area (Å²) in [5.41, 5.74) is 6.60. The largest absolute Gasteiger partial charge is 0.391 e. The van der Waals surface area contributed by atoms with Crippen LogP contribution in [-0.2, 0) is 6.42 Å². The third-order valence-electron chi connectivity index (χ3n) is 6.49. The molecule has 0 saturated carbocycles. The number of pyridine rings is 1. The molecule has 0 spiro atoms. The van der Waals surface area contributed by atoms with Crippen LogP contribution in [0.25, 0.3) is 31.6 Å². The molecule has 0 bridgehead atoms. The van der Waals surface area contributed by atoms with Crippen LogP contribution in [0.3, 0.4) is 0 Å². The molecule has 0 amide bonds. The Labute approximate surface area is 196 Å². The van der Waals surface area contributed by atoms with E-state index in [2.05, 4.69) is 75.2 Å². The maximum absolute atomic E-state index is 10.5. The minimum Gasteiger partial charge on any atom is -0.391 e. The molecule has 4 N–H and O–H groups in total. The maximum Gasteiger partial charge on any atom is 0.0837 e. The lowest BCUT2D eigenvalue weighted by Crippen LogP contribution is -2.36. The van der Waals surface area contributed by atoms with Gasteiger partial charge in [0.15, 0.2) is 0 Å². The standard InChI is InChI=1S/C27H26N4OS/c32-25(22-2-1-11-28-22)14-17-3-5-18(6-4-17)26-16-24-27(33-26)23(10-13-30-24)31-20-7-8-21-19(15-20)9-12-29-21/h3-10,12-13,15-16,22,25,28-29,32H,1-2,11,14H2,(H,30,31). The molecular weight excluding hydrogens is 428 g/mol. The van der Waals surface area contributed by atoms with Gasteiger partial charge in [0.1, 0.15) is 0 Å². The summed E-state index contributed by atoms with van der Waals surface area (Å²) in [4.78, 5) is 9.03. The zero-order chi connectivity index (χ0) is 22.2. The van der Waals surface area contributed by atoms with E-state index in [0.717, 1.165) is 46.5 Å². The third kappa shape index (κ3) is 4.13. The summed E-state index contributed by atoms with van der Waals surface area (Å²) in [6.45, 7) is 1.01. The summed E-state index contributed by atoms with van der Waals surface area (Å²) in [5, 5.41) is 18.7. The van der Waals surface area contributed by atoms with E-state index in [-0.39, 0.29) is 12.1 Å². The quantitative estimate of drug-likeness (QED) is 0.260. The molecule has 1 fully saturated rings. The lowest BCUT2D eigenvalue weighted by atomic mass is 10.00. The highest BCUT2D eigenvalue weighted by atomic mass is 32.1. The number of nitrogens with zero attached hydrogens (tertiary/aromatic N) is 1. The first kappa shape index (κ1) is 20.4. The number of aliphatic hydroxyl groups is 1. The summed E-state index contributed by atoms with van der Waals surface area (Å²) in [5.74, 6) is 0. The number of H-pyrrole nitrogens is 1. The van der Waals surface area contributed by atoms with Crippen molar-refractivity contribution in [2.75, 3.05) is 11.9 Å². The molecule has 2 aromatic carbocycles. The van der Waals surface area contributed by atoms with Crippen molar-refractivity contribution < 1.29 is 5.11 Å². The van der Waals surface area contributed by atoms with Gasteiger partial charge in [0.25, 0.3) is 0 Å². The van der Waals surface area contributed by atoms with E-state index < -0.39 is 0 Å². The van der Waals surface area contributed by atoms with E-state index in [4.69, 9.17) is 0 Å². The lowest BCUT2D eigenvalue weighted by molar-refractivity contribution is 0.136. The first-order valence-corrected chi connectivity index (χ1v) is 12.3. The molecule has 5 aromatic rings. The van der Waals surface area contributed by atoms with Crippen LogP contribution in [-0.4, -0.2) is 33.8 Å². The Balaban J connectivity index is 1.24. The second-order valence-electron chi connectivity index (χ2n) is 8.76.